The molecular formula is C24H22ClN3O2. The summed E-state index contributed by atoms with van der Waals surface area (Å²) in [5, 5.41) is 3.83. The van der Waals surface area contributed by atoms with E-state index < -0.39 is 0 Å². The Morgan fingerprint density at radius 3 is 2.43 bits per heavy atom. The van der Waals surface area contributed by atoms with E-state index in [0.717, 1.165) is 45.5 Å². The maximum atomic E-state index is 13.1. The Labute approximate surface area is 180 Å². The SMILES string of the molecule is CN(C)CCCN1C(=O)c2ccc3c(ccc4nc5ccccc5cc43)c2C1=O.Cl. The number of imide groups is 1. The van der Waals surface area contributed by atoms with Crippen molar-refractivity contribution in [2.75, 3.05) is 27.2 Å². The molecule has 0 unspecified atom stereocenters. The van der Waals surface area contributed by atoms with Gasteiger partial charge in [0.15, 0.2) is 0 Å². The van der Waals surface area contributed by atoms with Gasteiger partial charge in [-0.05, 0) is 62.1 Å². The van der Waals surface area contributed by atoms with Crippen molar-refractivity contribution < 1.29 is 9.59 Å². The first kappa shape index (κ1) is 20.3. The minimum Gasteiger partial charge on any atom is -0.309 e. The Balaban J connectivity index is 0.00000218. The molecule has 0 N–H and O–H groups in total. The number of pyridine rings is 1. The zero-order chi connectivity index (χ0) is 20.1. The molecule has 30 heavy (non-hydrogen) atoms. The van der Waals surface area contributed by atoms with Crippen LogP contribution in [0.3, 0.4) is 0 Å². The van der Waals surface area contributed by atoms with Crippen LogP contribution in [-0.2, 0) is 0 Å². The Hall–Kier alpha value is -3.02. The molecule has 0 bridgehead atoms. The fourth-order valence-electron chi connectivity index (χ4n) is 4.19. The second-order valence-corrected chi connectivity index (χ2v) is 7.82. The molecule has 0 saturated carbocycles. The molecule has 0 fully saturated rings. The van der Waals surface area contributed by atoms with Gasteiger partial charge >= 0.3 is 0 Å². The molecule has 2 amide bonds. The van der Waals surface area contributed by atoms with Crippen LogP contribution in [0.2, 0.25) is 0 Å². The van der Waals surface area contributed by atoms with Crippen LogP contribution in [-0.4, -0.2) is 53.8 Å². The lowest BCUT2D eigenvalue weighted by Crippen LogP contribution is -2.32. The van der Waals surface area contributed by atoms with Gasteiger partial charge in [0.2, 0.25) is 0 Å². The normalized spacial score (nSPS) is 13.5. The van der Waals surface area contributed by atoms with Crippen molar-refractivity contribution in [3.8, 4) is 0 Å². The van der Waals surface area contributed by atoms with Gasteiger partial charge in [0.05, 0.1) is 22.2 Å². The highest BCUT2D eigenvalue weighted by molar-refractivity contribution is 6.28. The minimum absolute atomic E-state index is 0. The highest BCUT2D eigenvalue weighted by Gasteiger charge is 2.36. The first-order valence-electron chi connectivity index (χ1n) is 9.81. The average molecular weight is 420 g/mol. The van der Waals surface area contributed by atoms with Crippen molar-refractivity contribution in [3.63, 3.8) is 0 Å². The topological polar surface area (TPSA) is 53.5 Å². The number of rotatable bonds is 4. The summed E-state index contributed by atoms with van der Waals surface area (Å²) < 4.78 is 0. The Kier molecular flexibility index (Phi) is 5.18. The van der Waals surface area contributed by atoms with E-state index in [0.29, 0.717) is 17.7 Å². The van der Waals surface area contributed by atoms with Crippen LogP contribution in [0, 0.1) is 0 Å². The lowest BCUT2D eigenvalue weighted by Gasteiger charge is -2.15. The van der Waals surface area contributed by atoms with Gasteiger partial charge in [-0.2, -0.15) is 0 Å². The number of hydrogen-bond acceptors (Lipinski definition) is 4. The molecule has 4 aromatic rings. The van der Waals surface area contributed by atoms with Crippen LogP contribution < -0.4 is 0 Å². The lowest BCUT2D eigenvalue weighted by atomic mass is 9.97. The van der Waals surface area contributed by atoms with E-state index in [2.05, 4.69) is 11.0 Å². The summed E-state index contributed by atoms with van der Waals surface area (Å²) in [4.78, 5) is 34.2. The maximum Gasteiger partial charge on any atom is 0.262 e. The first-order chi connectivity index (χ1) is 14.0. The molecule has 1 aromatic heterocycles. The van der Waals surface area contributed by atoms with Gasteiger partial charge in [-0.15, -0.1) is 12.4 Å². The minimum atomic E-state index is -0.192. The molecule has 5 rings (SSSR count). The Bertz CT molecular complexity index is 1320. The molecular weight excluding hydrogens is 398 g/mol. The van der Waals surface area contributed by atoms with Crippen LogP contribution in [0.15, 0.2) is 54.6 Å². The number of hydrogen-bond donors (Lipinski definition) is 0. The molecule has 3 aromatic carbocycles. The number of fused-ring (bicyclic) bond motifs is 6. The van der Waals surface area contributed by atoms with Crippen LogP contribution in [0.25, 0.3) is 32.6 Å². The van der Waals surface area contributed by atoms with E-state index in [4.69, 9.17) is 4.98 Å². The number of para-hydroxylation sites is 1. The molecule has 1 aliphatic heterocycles. The van der Waals surface area contributed by atoms with E-state index in [1.807, 2.05) is 56.6 Å². The van der Waals surface area contributed by atoms with E-state index >= 15 is 0 Å². The van der Waals surface area contributed by atoms with Crippen molar-refractivity contribution in [2.45, 2.75) is 6.42 Å². The molecule has 1 aliphatic rings. The number of carbonyl (C=O) groups is 2. The van der Waals surface area contributed by atoms with Crippen molar-refractivity contribution in [3.05, 3.63) is 65.7 Å². The van der Waals surface area contributed by atoms with Gasteiger partial charge in [-0.1, -0.05) is 30.3 Å². The molecule has 5 nitrogen and oxygen atoms in total. The van der Waals surface area contributed by atoms with Crippen LogP contribution in [0.1, 0.15) is 27.1 Å². The third-order valence-corrected chi connectivity index (χ3v) is 5.62. The number of nitrogens with zero attached hydrogens (tertiary/aromatic N) is 3. The smallest absolute Gasteiger partial charge is 0.262 e. The summed E-state index contributed by atoms with van der Waals surface area (Å²) in [5.74, 6) is -0.384. The molecule has 0 aliphatic carbocycles. The molecule has 0 atom stereocenters. The number of benzene rings is 3. The summed E-state index contributed by atoms with van der Waals surface area (Å²) in [6.07, 6.45) is 0.759. The molecule has 0 saturated heterocycles. The highest BCUT2D eigenvalue weighted by Crippen LogP contribution is 2.34. The average Bonchev–Trinajstić information content (AvgIpc) is 2.96. The third-order valence-electron chi connectivity index (χ3n) is 5.62. The second-order valence-electron chi connectivity index (χ2n) is 7.82. The first-order valence-corrected chi connectivity index (χ1v) is 9.81. The molecule has 0 spiro atoms. The maximum absolute atomic E-state index is 13.1. The molecule has 6 heteroatoms. The van der Waals surface area contributed by atoms with Crippen LogP contribution in [0.5, 0.6) is 0 Å². The van der Waals surface area contributed by atoms with E-state index in [1.165, 1.54) is 4.90 Å². The van der Waals surface area contributed by atoms with Crippen LogP contribution in [0.4, 0.5) is 0 Å². The summed E-state index contributed by atoms with van der Waals surface area (Å²) in [6.45, 7) is 1.27. The largest absolute Gasteiger partial charge is 0.309 e. The monoisotopic (exact) mass is 419 g/mol. The van der Waals surface area contributed by atoms with Crippen molar-refractivity contribution in [1.82, 2.24) is 14.8 Å². The predicted octanol–water partition coefficient (Wildman–Crippen LogP) is 4.51. The molecule has 152 valence electrons. The summed E-state index contributed by atoms with van der Waals surface area (Å²) in [5.41, 5.74) is 2.85. The number of halogens is 1. The van der Waals surface area contributed by atoms with Gasteiger partial charge in [0.25, 0.3) is 11.8 Å². The van der Waals surface area contributed by atoms with Gasteiger partial charge in [0.1, 0.15) is 0 Å². The number of aromatic nitrogens is 1. The van der Waals surface area contributed by atoms with Crippen LogP contribution >= 0.6 is 12.4 Å². The zero-order valence-corrected chi connectivity index (χ0v) is 17.7. The number of carbonyl (C=O) groups excluding carboxylic acids is 2. The Morgan fingerprint density at radius 1 is 0.867 bits per heavy atom. The standard InChI is InChI=1S/C24H21N3O2.ClH/c1-26(2)12-5-13-27-23(28)18-9-8-16-17(22(18)24(27)29)10-11-21-19(16)14-15-6-3-4-7-20(15)25-21;/h3-4,6-11,14H,5,12-13H2,1-2H3;1H. The second kappa shape index (κ2) is 7.67. The van der Waals surface area contributed by atoms with Crippen molar-refractivity contribution >= 4 is 56.8 Å². The van der Waals surface area contributed by atoms with E-state index in [1.54, 1.807) is 6.07 Å². The predicted molar refractivity (Wildman–Crippen MR) is 123 cm³/mol. The summed E-state index contributed by atoms with van der Waals surface area (Å²) in [7, 11) is 3.97. The van der Waals surface area contributed by atoms with Gasteiger partial charge < -0.3 is 4.90 Å². The van der Waals surface area contributed by atoms with Crippen molar-refractivity contribution in [2.24, 2.45) is 0 Å². The fourth-order valence-corrected chi connectivity index (χ4v) is 4.19. The summed E-state index contributed by atoms with van der Waals surface area (Å²) >= 11 is 0. The van der Waals surface area contributed by atoms with Gasteiger partial charge in [-0.25, -0.2) is 4.98 Å². The lowest BCUT2D eigenvalue weighted by molar-refractivity contribution is 0.0650. The van der Waals surface area contributed by atoms with Crippen molar-refractivity contribution in [1.29, 1.82) is 0 Å². The third kappa shape index (κ3) is 3.11. The van der Waals surface area contributed by atoms with Gasteiger partial charge in [0, 0.05) is 17.3 Å². The highest BCUT2D eigenvalue weighted by atomic mass is 35.5. The van der Waals surface area contributed by atoms with E-state index in [9.17, 15) is 9.59 Å². The van der Waals surface area contributed by atoms with Gasteiger partial charge in [-0.3, -0.25) is 14.5 Å². The number of amides is 2. The summed E-state index contributed by atoms with van der Waals surface area (Å²) in [6, 6.07) is 17.7. The fraction of sp³-hybridized carbons (Fsp3) is 0.208. The molecule has 0 radical (unpaired) electrons. The van der Waals surface area contributed by atoms with E-state index in [-0.39, 0.29) is 24.2 Å². The quantitative estimate of drug-likeness (QED) is 0.277. The molecule has 2 heterocycles. The Morgan fingerprint density at radius 2 is 1.63 bits per heavy atom. The zero-order valence-electron chi connectivity index (χ0n) is 16.9.